The molecule has 0 fully saturated rings. The van der Waals surface area contributed by atoms with E-state index in [9.17, 15) is 4.79 Å². The molecular formula is C15H13ClN4OS. The van der Waals surface area contributed by atoms with E-state index in [1.165, 1.54) is 17.4 Å². The number of thiazole rings is 1. The van der Waals surface area contributed by atoms with Crippen molar-refractivity contribution in [1.29, 1.82) is 0 Å². The lowest BCUT2D eigenvalue weighted by Crippen LogP contribution is -2.23. The smallest absolute Gasteiger partial charge is 0.244 e. The maximum atomic E-state index is 11.8. The highest BCUT2D eigenvalue weighted by Crippen LogP contribution is 2.22. The van der Waals surface area contributed by atoms with Gasteiger partial charge in [0.15, 0.2) is 10.1 Å². The molecule has 112 valence electrons. The molecule has 1 amide bonds. The second-order valence-electron chi connectivity index (χ2n) is 4.58. The molecule has 0 spiro atoms. The van der Waals surface area contributed by atoms with Crippen LogP contribution >= 0.6 is 22.9 Å². The second kappa shape index (κ2) is 6.72. The molecule has 0 unspecified atom stereocenters. The first-order chi connectivity index (χ1) is 10.7. The molecule has 0 bridgehead atoms. The van der Waals surface area contributed by atoms with Gasteiger partial charge in [0.05, 0.1) is 5.69 Å². The van der Waals surface area contributed by atoms with Gasteiger partial charge in [-0.1, -0.05) is 17.7 Å². The zero-order valence-corrected chi connectivity index (χ0v) is 13.1. The monoisotopic (exact) mass is 332 g/mol. The van der Waals surface area contributed by atoms with E-state index in [0.717, 1.165) is 16.9 Å². The predicted molar refractivity (Wildman–Crippen MR) is 88.1 cm³/mol. The third-order valence-corrected chi connectivity index (χ3v) is 4.12. The molecule has 3 heterocycles. The highest BCUT2D eigenvalue weighted by atomic mass is 35.5. The molecule has 3 rings (SSSR count). The molecular weight excluding hydrogens is 320 g/mol. The summed E-state index contributed by atoms with van der Waals surface area (Å²) in [6, 6.07) is 3.86. The van der Waals surface area contributed by atoms with Gasteiger partial charge in [-0.25, -0.2) is 4.98 Å². The number of carbonyl (C=O) groups is 1. The van der Waals surface area contributed by atoms with Crippen LogP contribution in [0.1, 0.15) is 11.3 Å². The summed E-state index contributed by atoms with van der Waals surface area (Å²) in [7, 11) is 0. The molecule has 0 radical (unpaired) electrons. The summed E-state index contributed by atoms with van der Waals surface area (Å²) < 4.78 is 1.85. The first-order valence-electron chi connectivity index (χ1n) is 6.70. The number of halogens is 1. The molecule has 3 aromatic heterocycles. The average molecular weight is 333 g/mol. The molecule has 0 aliphatic carbocycles. The van der Waals surface area contributed by atoms with E-state index in [-0.39, 0.29) is 5.91 Å². The van der Waals surface area contributed by atoms with Crippen molar-refractivity contribution in [3.05, 3.63) is 58.6 Å². The summed E-state index contributed by atoms with van der Waals surface area (Å²) in [6.45, 7) is 0.558. The maximum Gasteiger partial charge on any atom is 0.244 e. The molecule has 0 saturated heterocycles. The van der Waals surface area contributed by atoms with Gasteiger partial charge in [0.2, 0.25) is 5.91 Å². The van der Waals surface area contributed by atoms with Crippen molar-refractivity contribution < 1.29 is 4.79 Å². The third-order valence-electron chi connectivity index (χ3n) is 3.08. The maximum absolute atomic E-state index is 11.8. The molecule has 1 N–H and O–H groups in total. The molecule has 0 aliphatic heterocycles. The van der Waals surface area contributed by atoms with Crippen LogP contribution in [-0.4, -0.2) is 26.8 Å². The van der Waals surface area contributed by atoms with E-state index in [4.69, 9.17) is 11.6 Å². The second-order valence-corrected chi connectivity index (χ2v) is 5.81. The molecule has 0 atom stereocenters. The Morgan fingerprint density at radius 3 is 3.23 bits per heavy atom. The van der Waals surface area contributed by atoms with E-state index in [1.807, 2.05) is 28.1 Å². The van der Waals surface area contributed by atoms with Crippen LogP contribution in [0.15, 0.2) is 42.2 Å². The van der Waals surface area contributed by atoms with Crippen LogP contribution in [0.5, 0.6) is 0 Å². The van der Waals surface area contributed by atoms with Crippen molar-refractivity contribution >= 4 is 39.9 Å². The predicted octanol–water partition coefficient (Wildman–Crippen LogP) is 2.82. The van der Waals surface area contributed by atoms with Crippen LogP contribution in [0.25, 0.3) is 11.0 Å². The van der Waals surface area contributed by atoms with Gasteiger partial charge in [-0.05, 0) is 24.1 Å². The molecule has 0 aliphatic rings. The van der Waals surface area contributed by atoms with Crippen LogP contribution in [0, 0.1) is 0 Å². The van der Waals surface area contributed by atoms with Crippen molar-refractivity contribution in [2.75, 3.05) is 6.54 Å². The highest BCUT2D eigenvalue weighted by Gasteiger charge is 2.08. The number of rotatable bonds is 5. The number of imidazole rings is 1. The molecule has 0 aromatic carbocycles. The van der Waals surface area contributed by atoms with Crippen LogP contribution in [0.3, 0.4) is 0 Å². The number of aromatic nitrogens is 3. The van der Waals surface area contributed by atoms with E-state index in [2.05, 4.69) is 15.3 Å². The largest absolute Gasteiger partial charge is 0.352 e. The molecule has 0 saturated carbocycles. The fourth-order valence-corrected chi connectivity index (χ4v) is 3.02. The molecule has 3 aromatic rings. The Morgan fingerprint density at radius 2 is 2.41 bits per heavy atom. The Bertz CT molecular complexity index is 809. The summed E-state index contributed by atoms with van der Waals surface area (Å²) in [5, 5.41) is 5.15. The summed E-state index contributed by atoms with van der Waals surface area (Å²) in [5.74, 6) is -0.162. The lowest BCUT2D eigenvalue weighted by molar-refractivity contribution is -0.116. The number of carbonyl (C=O) groups excluding carboxylic acids is 1. The SMILES string of the molecule is O=C(/C=C\c1c(Cl)nc2sccn12)NCCc1cccnc1. The Kier molecular flexibility index (Phi) is 4.50. The summed E-state index contributed by atoms with van der Waals surface area (Å²) in [6.07, 6.45) is 9.28. The summed E-state index contributed by atoms with van der Waals surface area (Å²) in [4.78, 5) is 20.9. The Labute approximate surface area is 136 Å². The van der Waals surface area contributed by atoms with Crippen molar-refractivity contribution in [2.24, 2.45) is 0 Å². The number of nitrogens with zero attached hydrogens (tertiary/aromatic N) is 3. The van der Waals surface area contributed by atoms with E-state index in [0.29, 0.717) is 17.4 Å². The van der Waals surface area contributed by atoms with Crippen LogP contribution < -0.4 is 5.32 Å². The third kappa shape index (κ3) is 3.35. The van der Waals surface area contributed by atoms with E-state index in [1.54, 1.807) is 18.5 Å². The Hall–Kier alpha value is -2.18. The first-order valence-corrected chi connectivity index (χ1v) is 7.95. The number of hydrogen-bond donors (Lipinski definition) is 1. The quantitative estimate of drug-likeness (QED) is 0.731. The van der Waals surface area contributed by atoms with Crippen molar-refractivity contribution in [3.8, 4) is 0 Å². The topological polar surface area (TPSA) is 59.3 Å². The Morgan fingerprint density at radius 1 is 1.50 bits per heavy atom. The first kappa shape index (κ1) is 14.7. The zero-order chi connectivity index (χ0) is 15.4. The van der Waals surface area contributed by atoms with Gasteiger partial charge in [-0.2, -0.15) is 0 Å². The fourth-order valence-electron chi connectivity index (χ4n) is 2.02. The number of pyridine rings is 1. The van der Waals surface area contributed by atoms with Crippen LogP contribution in [0.2, 0.25) is 5.15 Å². The van der Waals surface area contributed by atoms with Crippen molar-refractivity contribution in [1.82, 2.24) is 19.7 Å². The molecule has 7 heteroatoms. The molecule has 22 heavy (non-hydrogen) atoms. The van der Waals surface area contributed by atoms with Gasteiger partial charge in [-0.3, -0.25) is 14.2 Å². The number of fused-ring (bicyclic) bond motifs is 1. The minimum atomic E-state index is -0.162. The van der Waals surface area contributed by atoms with E-state index >= 15 is 0 Å². The summed E-state index contributed by atoms with van der Waals surface area (Å²) >= 11 is 7.56. The van der Waals surface area contributed by atoms with Crippen LogP contribution in [-0.2, 0) is 11.2 Å². The normalized spacial score (nSPS) is 11.3. The summed E-state index contributed by atoms with van der Waals surface area (Å²) in [5.41, 5.74) is 1.80. The minimum absolute atomic E-state index is 0.162. The number of amides is 1. The lowest BCUT2D eigenvalue weighted by atomic mass is 10.2. The van der Waals surface area contributed by atoms with E-state index < -0.39 is 0 Å². The number of hydrogen-bond acceptors (Lipinski definition) is 4. The number of nitrogens with one attached hydrogen (secondary N) is 1. The standard InChI is InChI=1S/C15H13ClN4OS/c16-14-12(20-8-9-22-15(20)19-14)3-4-13(21)18-7-5-11-2-1-6-17-10-11/h1-4,6,8-10H,5,7H2,(H,18,21)/b4-3-. The zero-order valence-electron chi connectivity index (χ0n) is 11.6. The van der Waals surface area contributed by atoms with Gasteiger partial charge in [0.25, 0.3) is 0 Å². The van der Waals surface area contributed by atoms with Gasteiger partial charge in [-0.15, -0.1) is 11.3 Å². The van der Waals surface area contributed by atoms with Crippen molar-refractivity contribution in [3.63, 3.8) is 0 Å². The Balaban J connectivity index is 1.57. The van der Waals surface area contributed by atoms with Gasteiger partial charge < -0.3 is 5.32 Å². The average Bonchev–Trinajstić information content (AvgIpc) is 3.07. The molecule has 5 nitrogen and oxygen atoms in total. The fraction of sp³-hybridized carbons (Fsp3) is 0.133. The van der Waals surface area contributed by atoms with Crippen molar-refractivity contribution in [2.45, 2.75) is 6.42 Å². The highest BCUT2D eigenvalue weighted by molar-refractivity contribution is 7.15. The minimum Gasteiger partial charge on any atom is -0.352 e. The lowest BCUT2D eigenvalue weighted by Gasteiger charge is -2.01. The van der Waals surface area contributed by atoms with Gasteiger partial charge in [0, 0.05) is 36.6 Å². The van der Waals surface area contributed by atoms with Gasteiger partial charge >= 0.3 is 0 Å². The van der Waals surface area contributed by atoms with Crippen LogP contribution in [0.4, 0.5) is 0 Å². The van der Waals surface area contributed by atoms with Gasteiger partial charge in [0.1, 0.15) is 0 Å².